The van der Waals surface area contributed by atoms with E-state index in [4.69, 9.17) is 0 Å². The highest BCUT2D eigenvalue weighted by atomic mass is 19.4. The molecule has 0 spiro atoms. The van der Waals surface area contributed by atoms with Gasteiger partial charge in [0.15, 0.2) is 17.7 Å². The maximum Gasteiger partial charge on any atom is 0.414 e. The molecule has 0 radical (unpaired) electrons. The van der Waals surface area contributed by atoms with Crippen LogP contribution in [0.1, 0.15) is 12.8 Å². The molecule has 1 unspecified atom stereocenters. The number of nitrogens with zero attached hydrogens (tertiary/aromatic N) is 1. The zero-order valence-electron chi connectivity index (χ0n) is 11.9. The number of urea groups is 1. The van der Waals surface area contributed by atoms with Gasteiger partial charge in [0.2, 0.25) is 0 Å². The lowest BCUT2D eigenvalue weighted by Gasteiger charge is -2.34. The number of amides is 2. The maximum atomic E-state index is 13.0. The summed E-state index contributed by atoms with van der Waals surface area (Å²) in [6, 6.07) is 2.23. The van der Waals surface area contributed by atoms with Crippen LogP contribution < -0.4 is 5.32 Å². The first-order valence-corrected chi connectivity index (χ1v) is 6.94. The van der Waals surface area contributed by atoms with Crippen molar-refractivity contribution in [2.45, 2.75) is 25.1 Å². The number of piperidine rings is 1. The zero-order chi connectivity index (χ0) is 17.2. The summed E-state index contributed by atoms with van der Waals surface area (Å²) >= 11 is 0. The van der Waals surface area contributed by atoms with Crippen molar-refractivity contribution in [1.29, 1.82) is 0 Å². The molecule has 9 heteroatoms. The molecule has 1 aliphatic heterocycles. The minimum Gasteiger partial charge on any atom is -0.383 e. The maximum absolute atomic E-state index is 13.0. The monoisotopic (exact) mass is 338 g/mol. The summed E-state index contributed by atoms with van der Waals surface area (Å²) in [5, 5.41) is 11.6. The van der Waals surface area contributed by atoms with E-state index in [9.17, 15) is 31.9 Å². The number of hydrogen-bond donors (Lipinski definition) is 2. The van der Waals surface area contributed by atoms with Gasteiger partial charge in [0.05, 0.1) is 0 Å². The van der Waals surface area contributed by atoms with E-state index in [1.807, 2.05) is 0 Å². The number of anilines is 1. The van der Waals surface area contributed by atoms with Crippen molar-refractivity contribution in [3.8, 4) is 0 Å². The third-order valence-corrected chi connectivity index (χ3v) is 3.78. The summed E-state index contributed by atoms with van der Waals surface area (Å²) in [7, 11) is 0. The molecule has 1 aromatic rings. The molecule has 4 nitrogen and oxygen atoms in total. The van der Waals surface area contributed by atoms with E-state index in [1.165, 1.54) is 11.0 Å². The molecule has 2 N–H and O–H groups in total. The number of likely N-dealkylation sites (tertiary alicyclic amines) is 1. The molecule has 2 amide bonds. The van der Waals surface area contributed by atoms with Crippen LogP contribution in [0.2, 0.25) is 0 Å². The lowest BCUT2D eigenvalue weighted by molar-refractivity contribution is -0.222. The molecule has 1 saturated heterocycles. The van der Waals surface area contributed by atoms with Crippen LogP contribution >= 0.6 is 0 Å². The van der Waals surface area contributed by atoms with Crippen molar-refractivity contribution in [2.75, 3.05) is 18.4 Å². The number of rotatable bonds is 2. The number of carbonyl (C=O) groups excluding carboxylic acids is 1. The number of aliphatic hydroxyl groups excluding tert-OH is 1. The predicted octanol–water partition coefficient (Wildman–Crippen LogP) is 3.13. The van der Waals surface area contributed by atoms with E-state index in [1.54, 1.807) is 0 Å². The molecule has 1 atom stereocenters. The van der Waals surface area contributed by atoms with Crippen molar-refractivity contribution in [1.82, 2.24) is 4.90 Å². The second kappa shape index (κ2) is 6.69. The normalized spacial score (nSPS) is 17.9. The highest BCUT2D eigenvalue weighted by Crippen LogP contribution is 2.31. The molecular formula is C14H15F5N2O2. The quantitative estimate of drug-likeness (QED) is 0.814. The third-order valence-electron chi connectivity index (χ3n) is 3.78. The summed E-state index contributed by atoms with van der Waals surface area (Å²) in [6.45, 7) is 0.0701. The molecule has 0 aromatic heterocycles. The average molecular weight is 338 g/mol. The Morgan fingerprint density at radius 2 is 1.83 bits per heavy atom. The first-order chi connectivity index (χ1) is 10.7. The van der Waals surface area contributed by atoms with E-state index in [-0.39, 0.29) is 31.6 Å². The fourth-order valence-electron chi connectivity index (χ4n) is 2.46. The number of alkyl halides is 3. The van der Waals surface area contributed by atoms with Crippen molar-refractivity contribution < 1.29 is 31.9 Å². The highest BCUT2D eigenvalue weighted by molar-refractivity contribution is 5.89. The molecule has 0 saturated carbocycles. The fraction of sp³-hybridized carbons (Fsp3) is 0.500. The molecule has 128 valence electrons. The molecule has 1 aromatic carbocycles. The van der Waals surface area contributed by atoms with Gasteiger partial charge in [0, 0.05) is 24.8 Å². The summed E-state index contributed by atoms with van der Waals surface area (Å²) in [6.07, 6.45) is -7.07. The molecule has 2 rings (SSSR count). The van der Waals surface area contributed by atoms with Gasteiger partial charge in [-0.3, -0.25) is 0 Å². The van der Waals surface area contributed by atoms with Gasteiger partial charge in [0.1, 0.15) is 0 Å². The molecule has 0 bridgehead atoms. The van der Waals surface area contributed by atoms with E-state index in [0.29, 0.717) is 0 Å². The second-order valence-electron chi connectivity index (χ2n) is 5.37. The van der Waals surface area contributed by atoms with Crippen LogP contribution in [0.25, 0.3) is 0 Å². The lowest BCUT2D eigenvalue weighted by atomic mass is 9.91. The van der Waals surface area contributed by atoms with Gasteiger partial charge >= 0.3 is 12.2 Å². The molecule has 1 heterocycles. The Morgan fingerprint density at radius 1 is 1.22 bits per heavy atom. The minimum absolute atomic E-state index is 0.00583. The number of halogens is 5. The topological polar surface area (TPSA) is 52.6 Å². The summed E-state index contributed by atoms with van der Waals surface area (Å²) in [4.78, 5) is 13.2. The number of hydrogen-bond acceptors (Lipinski definition) is 2. The Labute approximate surface area is 128 Å². The van der Waals surface area contributed by atoms with Crippen LogP contribution in [0, 0.1) is 17.6 Å². The zero-order valence-corrected chi connectivity index (χ0v) is 11.9. The number of benzene rings is 1. The van der Waals surface area contributed by atoms with E-state index < -0.39 is 35.9 Å². The van der Waals surface area contributed by atoms with E-state index in [0.717, 1.165) is 12.1 Å². The molecule has 23 heavy (non-hydrogen) atoms. The van der Waals surface area contributed by atoms with Gasteiger partial charge in [0.25, 0.3) is 0 Å². The lowest BCUT2D eigenvalue weighted by Crippen LogP contribution is -2.46. The molecular weight excluding hydrogens is 323 g/mol. The summed E-state index contributed by atoms with van der Waals surface area (Å²) < 4.78 is 63.2. The third kappa shape index (κ3) is 4.31. The van der Waals surface area contributed by atoms with Gasteiger partial charge < -0.3 is 15.3 Å². The Hall–Kier alpha value is -1.90. The van der Waals surface area contributed by atoms with Crippen LogP contribution in [0.4, 0.5) is 32.4 Å². The molecule has 1 aliphatic rings. The Morgan fingerprint density at radius 3 is 2.35 bits per heavy atom. The van der Waals surface area contributed by atoms with Crippen molar-refractivity contribution >= 4 is 11.7 Å². The number of nitrogens with one attached hydrogen (secondary N) is 1. The van der Waals surface area contributed by atoms with Gasteiger partial charge in [-0.2, -0.15) is 13.2 Å². The van der Waals surface area contributed by atoms with E-state index in [2.05, 4.69) is 5.32 Å². The van der Waals surface area contributed by atoms with Crippen molar-refractivity contribution in [3.05, 3.63) is 29.8 Å². The van der Waals surface area contributed by atoms with Gasteiger partial charge in [-0.25, -0.2) is 13.6 Å². The SMILES string of the molecule is O=C(Nc1ccc(F)c(F)c1)N1CCC(C(O)C(F)(F)F)CC1. The first-order valence-electron chi connectivity index (χ1n) is 6.94. The minimum atomic E-state index is -4.68. The largest absolute Gasteiger partial charge is 0.414 e. The average Bonchev–Trinajstić information content (AvgIpc) is 2.49. The standard InChI is InChI=1S/C14H15F5N2O2/c15-10-2-1-9(7-11(10)16)20-13(23)21-5-3-8(4-6-21)12(22)14(17,18)19/h1-2,7-8,12,22H,3-6H2,(H,20,23). The van der Waals surface area contributed by atoms with Gasteiger partial charge in [-0.1, -0.05) is 0 Å². The Bertz CT molecular complexity index is 571. The number of carbonyl (C=O) groups is 1. The smallest absolute Gasteiger partial charge is 0.383 e. The summed E-state index contributed by atoms with van der Waals surface area (Å²) in [5.74, 6) is -3.12. The second-order valence-corrected chi connectivity index (χ2v) is 5.37. The Kier molecular flexibility index (Phi) is 5.08. The van der Waals surface area contributed by atoms with Crippen LogP contribution in [-0.4, -0.2) is 41.4 Å². The van der Waals surface area contributed by atoms with Crippen LogP contribution in [0.3, 0.4) is 0 Å². The van der Waals surface area contributed by atoms with Crippen molar-refractivity contribution in [2.24, 2.45) is 5.92 Å². The highest BCUT2D eigenvalue weighted by Gasteiger charge is 2.44. The van der Waals surface area contributed by atoms with Crippen molar-refractivity contribution in [3.63, 3.8) is 0 Å². The number of aliphatic hydroxyl groups is 1. The van der Waals surface area contributed by atoms with Gasteiger partial charge in [-0.15, -0.1) is 0 Å². The first kappa shape index (κ1) is 17.5. The molecule has 1 fully saturated rings. The fourth-order valence-corrected chi connectivity index (χ4v) is 2.46. The van der Waals surface area contributed by atoms with Crippen LogP contribution in [0.15, 0.2) is 18.2 Å². The van der Waals surface area contributed by atoms with Gasteiger partial charge in [-0.05, 0) is 30.9 Å². The van der Waals surface area contributed by atoms with E-state index >= 15 is 0 Å². The predicted molar refractivity (Wildman–Crippen MR) is 71.7 cm³/mol. The Balaban J connectivity index is 1.89. The molecule has 0 aliphatic carbocycles. The van der Waals surface area contributed by atoms with Crippen LogP contribution in [-0.2, 0) is 0 Å². The van der Waals surface area contributed by atoms with Crippen LogP contribution in [0.5, 0.6) is 0 Å². The summed E-state index contributed by atoms with van der Waals surface area (Å²) in [5.41, 5.74) is 0.0475.